The van der Waals surface area contributed by atoms with Gasteiger partial charge in [-0.25, -0.2) is 13.2 Å². The Morgan fingerprint density at radius 3 is 2.52 bits per heavy atom. The predicted octanol–water partition coefficient (Wildman–Crippen LogP) is 3.51. The van der Waals surface area contributed by atoms with E-state index in [-0.39, 0.29) is 35.1 Å². The Hall–Kier alpha value is -1.93. The molecule has 2 unspecified atom stereocenters. The van der Waals surface area contributed by atoms with Gasteiger partial charge >= 0.3 is 5.97 Å². The van der Waals surface area contributed by atoms with Crippen LogP contribution in [0, 0.1) is 6.92 Å². The van der Waals surface area contributed by atoms with Crippen LogP contribution in [0.2, 0.25) is 0 Å². The largest absolute Gasteiger partial charge is 0.452 e. The molecule has 2 fully saturated rings. The molecule has 2 aliphatic rings. The van der Waals surface area contributed by atoms with Gasteiger partial charge in [-0.05, 0) is 70.1 Å². The molecule has 2 heterocycles. The van der Waals surface area contributed by atoms with Gasteiger partial charge in [-0.1, -0.05) is 19.4 Å². The van der Waals surface area contributed by atoms with Crippen molar-refractivity contribution in [3.05, 3.63) is 29.3 Å². The lowest BCUT2D eigenvalue weighted by molar-refractivity contribution is -0.138. The number of aryl methyl sites for hydroxylation is 1. The van der Waals surface area contributed by atoms with Crippen molar-refractivity contribution in [3.63, 3.8) is 0 Å². The zero-order chi connectivity index (χ0) is 22.6. The van der Waals surface area contributed by atoms with Crippen LogP contribution in [0.4, 0.5) is 0 Å². The molecule has 1 amide bonds. The molecule has 0 aromatic heterocycles. The van der Waals surface area contributed by atoms with Crippen LogP contribution in [-0.4, -0.2) is 61.3 Å². The van der Waals surface area contributed by atoms with Crippen LogP contribution in [0.25, 0.3) is 0 Å². The lowest BCUT2D eigenvalue weighted by atomic mass is 10.00. The fourth-order valence-corrected chi connectivity index (χ4v) is 6.31. The molecule has 8 heteroatoms. The second-order valence-corrected chi connectivity index (χ2v) is 10.5. The van der Waals surface area contributed by atoms with Gasteiger partial charge in [0.05, 0.1) is 10.5 Å². The van der Waals surface area contributed by atoms with Gasteiger partial charge < -0.3 is 9.64 Å². The van der Waals surface area contributed by atoms with Gasteiger partial charge in [-0.2, -0.15) is 4.31 Å². The maximum absolute atomic E-state index is 13.1. The number of piperidine rings is 2. The number of hydrogen-bond acceptors (Lipinski definition) is 5. The third-order valence-electron chi connectivity index (χ3n) is 6.52. The van der Waals surface area contributed by atoms with Gasteiger partial charge in [0, 0.05) is 25.2 Å². The molecule has 172 valence electrons. The second kappa shape index (κ2) is 10.1. The average molecular weight is 451 g/mol. The molecular weight excluding hydrogens is 416 g/mol. The topological polar surface area (TPSA) is 84.0 Å². The van der Waals surface area contributed by atoms with Crippen molar-refractivity contribution in [3.8, 4) is 0 Å². The van der Waals surface area contributed by atoms with Gasteiger partial charge in [0.2, 0.25) is 10.0 Å². The number of rotatable bonds is 6. The summed E-state index contributed by atoms with van der Waals surface area (Å²) >= 11 is 0. The number of nitrogens with zero attached hydrogens (tertiary/aromatic N) is 2. The average Bonchev–Trinajstić information content (AvgIpc) is 2.77. The number of likely N-dealkylation sites (tertiary alicyclic amines) is 1. The minimum Gasteiger partial charge on any atom is -0.452 e. The van der Waals surface area contributed by atoms with Crippen LogP contribution in [0.3, 0.4) is 0 Å². The summed E-state index contributed by atoms with van der Waals surface area (Å²) in [5, 5.41) is 0. The maximum atomic E-state index is 13.1. The van der Waals surface area contributed by atoms with Gasteiger partial charge in [-0.15, -0.1) is 0 Å². The highest BCUT2D eigenvalue weighted by Gasteiger charge is 2.32. The lowest BCUT2D eigenvalue weighted by Crippen LogP contribution is -2.45. The van der Waals surface area contributed by atoms with Gasteiger partial charge in [-0.3, -0.25) is 4.79 Å². The van der Waals surface area contributed by atoms with E-state index in [4.69, 9.17) is 4.74 Å². The van der Waals surface area contributed by atoms with Crippen LogP contribution < -0.4 is 0 Å². The summed E-state index contributed by atoms with van der Waals surface area (Å²) in [4.78, 5) is 27.2. The standard InChI is InChI=1S/C23H34N2O5S/c1-4-19-10-6-7-13-24(19)22(26)16-30-23(27)21-15-20(12-11-17(21)2)31(28,29)25-14-8-5-9-18(25)3/h11-12,15,18-19H,4-10,13-14,16H2,1-3H3. The van der Waals surface area contributed by atoms with Crippen molar-refractivity contribution < 1.29 is 22.7 Å². The van der Waals surface area contributed by atoms with E-state index in [0.29, 0.717) is 18.7 Å². The first-order valence-electron chi connectivity index (χ1n) is 11.3. The Bertz CT molecular complexity index is 915. The summed E-state index contributed by atoms with van der Waals surface area (Å²) in [5.41, 5.74) is 0.803. The summed E-state index contributed by atoms with van der Waals surface area (Å²) in [6, 6.07) is 4.67. The number of hydrogen-bond donors (Lipinski definition) is 0. The third-order valence-corrected chi connectivity index (χ3v) is 8.53. The Morgan fingerprint density at radius 1 is 1.10 bits per heavy atom. The highest BCUT2D eigenvalue weighted by Crippen LogP contribution is 2.27. The fourth-order valence-electron chi connectivity index (χ4n) is 4.59. The van der Waals surface area contributed by atoms with Crippen LogP contribution in [0.15, 0.2) is 23.1 Å². The molecule has 3 rings (SSSR count). The molecule has 0 saturated carbocycles. The summed E-state index contributed by atoms with van der Waals surface area (Å²) in [7, 11) is -3.69. The number of carbonyl (C=O) groups excluding carboxylic acids is 2. The summed E-state index contributed by atoms with van der Waals surface area (Å²) in [6.45, 7) is 6.55. The van der Waals surface area contributed by atoms with Gasteiger partial charge in [0.15, 0.2) is 6.61 Å². The van der Waals surface area contributed by atoms with Gasteiger partial charge in [0.25, 0.3) is 5.91 Å². The quantitative estimate of drug-likeness (QED) is 0.620. The van der Waals surface area contributed by atoms with Gasteiger partial charge in [0.1, 0.15) is 0 Å². The SMILES string of the molecule is CCC1CCCCN1C(=O)COC(=O)c1cc(S(=O)(=O)N2CCCCC2C)ccc1C. The highest BCUT2D eigenvalue weighted by molar-refractivity contribution is 7.89. The molecule has 1 aromatic rings. The second-order valence-electron chi connectivity index (χ2n) is 8.66. The zero-order valence-corrected chi connectivity index (χ0v) is 19.6. The predicted molar refractivity (Wildman–Crippen MR) is 118 cm³/mol. The van der Waals surface area contributed by atoms with Crippen LogP contribution >= 0.6 is 0 Å². The number of ether oxygens (including phenoxy) is 1. The minimum atomic E-state index is -3.69. The number of sulfonamides is 1. The van der Waals surface area contributed by atoms with E-state index < -0.39 is 16.0 Å². The third kappa shape index (κ3) is 5.29. The molecule has 0 N–H and O–H groups in total. The number of carbonyl (C=O) groups is 2. The first-order chi connectivity index (χ1) is 14.8. The number of esters is 1. The molecule has 0 aliphatic carbocycles. The zero-order valence-electron chi connectivity index (χ0n) is 18.8. The van der Waals surface area contributed by atoms with Crippen LogP contribution in [-0.2, 0) is 19.6 Å². The number of amides is 1. The molecule has 2 atom stereocenters. The Kier molecular flexibility index (Phi) is 7.75. The van der Waals surface area contributed by atoms with E-state index >= 15 is 0 Å². The summed E-state index contributed by atoms with van der Waals surface area (Å²) in [6.07, 6.45) is 6.61. The first kappa shape index (κ1) is 23.7. The summed E-state index contributed by atoms with van der Waals surface area (Å²) < 4.78 is 33.1. The molecule has 2 saturated heterocycles. The smallest absolute Gasteiger partial charge is 0.338 e. The van der Waals surface area contributed by atoms with Crippen molar-refractivity contribution in [1.82, 2.24) is 9.21 Å². The maximum Gasteiger partial charge on any atom is 0.338 e. The molecule has 31 heavy (non-hydrogen) atoms. The summed E-state index contributed by atoms with van der Waals surface area (Å²) in [5.74, 6) is -0.858. The van der Waals surface area contributed by atoms with E-state index in [2.05, 4.69) is 6.92 Å². The number of benzene rings is 1. The molecule has 7 nitrogen and oxygen atoms in total. The Balaban J connectivity index is 1.72. The molecule has 0 spiro atoms. The molecular formula is C23H34N2O5S. The van der Waals surface area contributed by atoms with E-state index in [1.807, 2.05) is 11.8 Å². The van der Waals surface area contributed by atoms with E-state index in [0.717, 1.165) is 44.9 Å². The fraction of sp³-hybridized carbons (Fsp3) is 0.652. The van der Waals surface area contributed by atoms with Crippen molar-refractivity contribution >= 4 is 21.9 Å². The first-order valence-corrected chi connectivity index (χ1v) is 12.8. The highest BCUT2D eigenvalue weighted by atomic mass is 32.2. The van der Waals surface area contributed by atoms with E-state index in [1.54, 1.807) is 13.0 Å². The van der Waals surface area contributed by atoms with Crippen molar-refractivity contribution in [2.45, 2.75) is 82.7 Å². The lowest BCUT2D eigenvalue weighted by Gasteiger charge is -2.35. The van der Waals surface area contributed by atoms with Crippen LogP contribution in [0.5, 0.6) is 0 Å². The van der Waals surface area contributed by atoms with Crippen molar-refractivity contribution in [2.24, 2.45) is 0 Å². The van der Waals surface area contributed by atoms with E-state index in [1.165, 1.54) is 16.4 Å². The Labute approximate surface area is 185 Å². The normalized spacial score (nSPS) is 22.9. The molecule has 0 bridgehead atoms. The Morgan fingerprint density at radius 2 is 1.81 bits per heavy atom. The monoisotopic (exact) mass is 450 g/mol. The van der Waals surface area contributed by atoms with Crippen molar-refractivity contribution in [1.29, 1.82) is 0 Å². The minimum absolute atomic E-state index is 0.0656. The molecule has 2 aliphatic heterocycles. The van der Waals surface area contributed by atoms with Crippen LogP contribution in [0.1, 0.15) is 74.7 Å². The molecule has 1 aromatic carbocycles. The van der Waals surface area contributed by atoms with E-state index in [9.17, 15) is 18.0 Å². The molecule has 0 radical (unpaired) electrons. The van der Waals surface area contributed by atoms with Crippen molar-refractivity contribution in [2.75, 3.05) is 19.7 Å².